The van der Waals surface area contributed by atoms with Crippen LogP contribution in [0.1, 0.15) is 37.9 Å². The fourth-order valence-corrected chi connectivity index (χ4v) is 2.92. The average molecular weight is 432 g/mol. The summed E-state index contributed by atoms with van der Waals surface area (Å²) in [6.45, 7) is 5.35. The zero-order chi connectivity index (χ0) is 22.7. The molecular formula is C23H28O8. The lowest BCUT2D eigenvalue weighted by Crippen LogP contribution is -2.53. The van der Waals surface area contributed by atoms with Gasteiger partial charge in [-0.15, -0.1) is 0 Å². The Balaban J connectivity index is 2.23. The molecule has 0 amide bonds. The third kappa shape index (κ3) is 5.73. The molecule has 0 spiro atoms. The number of furan rings is 1. The van der Waals surface area contributed by atoms with E-state index in [9.17, 15) is 14.4 Å². The van der Waals surface area contributed by atoms with E-state index in [-0.39, 0.29) is 25.6 Å². The second-order valence-corrected chi connectivity index (χ2v) is 6.47. The summed E-state index contributed by atoms with van der Waals surface area (Å²) in [7, 11) is 0. The first-order chi connectivity index (χ1) is 15.0. The second-order valence-electron chi connectivity index (χ2n) is 6.47. The molecule has 0 atom stereocenters. The van der Waals surface area contributed by atoms with E-state index < -0.39 is 23.3 Å². The Bertz CT molecular complexity index is 810. The Hall–Kier alpha value is -3.13. The van der Waals surface area contributed by atoms with Crippen molar-refractivity contribution in [2.45, 2.75) is 39.2 Å². The normalized spacial score (nSPS) is 11.1. The summed E-state index contributed by atoms with van der Waals surface area (Å²) in [5.41, 5.74) is -1.45. The lowest BCUT2D eigenvalue weighted by Gasteiger charge is -2.25. The number of carbonyl (C=O) groups is 3. The third-order valence-corrected chi connectivity index (χ3v) is 4.38. The fraction of sp³-hybridized carbons (Fsp3) is 0.435. The van der Waals surface area contributed by atoms with Crippen molar-refractivity contribution in [3.63, 3.8) is 0 Å². The quantitative estimate of drug-likeness (QED) is 0.218. The van der Waals surface area contributed by atoms with Crippen molar-refractivity contribution >= 4 is 17.9 Å². The average Bonchev–Trinajstić information content (AvgIpc) is 3.22. The van der Waals surface area contributed by atoms with E-state index in [4.69, 9.17) is 23.4 Å². The van der Waals surface area contributed by atoms with Crippen molar-refractivity contribution in [1.82, 2.24) is 0 Å². The largest absolute Gasteiger partial charge is 0.464 e. The highest BCUT2D eigenvalue weighted by molar-refractivity contribution is 6.23. The molecule has 2 rings (SSSR count). The summed E-state index contributed by atoms with van der Waals surface area (Å²) >= 11 is 0. The number of benzene rings is 1. The van der Waals surface area contributed by atoms with Crippen LogP contribution in [0.3, 0.4) is 0 Å². The van der Waals surface area contributed by atoms with E-state index in [1.807, 2.05) is 30.3 Å². The van der Waals surface area contributed by atoms with Gasteiger partial charge in [0.1, 0.15) is 11.5 Å². The maximum absolute atomic E-state index is 12.8. The lowest BCUT2D eigenvalue weighted by atomic mass is 9.85. The molecule has 0 saturated heterocycles. The van der Waals surface area contributed by atoms with E-state index in [0.717, 1.165) is 5.56 Å². The monoisotopic (exact) mass is 432 g/mol. The molecule has 8 heteroatoms. The van der Waals surface area contributed by atoms with Gasteiger partial charge >= 0.3 is 23.3 Å². The SMILES string of the molecule is CCOC(=O)C(C(=O)OCC)(C(=O)OCC)c1ccc(CCOCc2ccccc2)o1. The molecule has 0 radical (unpaired) electrons. The molecule has 0 unspecified atom stereocenters. The van der Waals surface area contributed by atoms with Crippen LogP contribution in [0.15, 0.2) is 46.9 Å². The zero-order valence-electron chi connectivity index (χ0n) is 18.1. The minimum absolute atomic E-state index is 0.0414. The summed E-state index contributed by atoms with van der Waals surface area (Å²) in [5.74, 6) is -3.08. The molecule has 8 nitrogen and oxygen atoms in total. The van der Waals surface area contributed by atoms with Crippen LogP contribution in [-0.2, 0) is 51.8 Å². The minimum atomic E-state index is -2.48. The molecule has 1 aromatic heterocycles. The summed E-state index contributed by atoms with van der Waals surface area (Å²) in [4.78, 5) is 38.4. The van der Waals surface area contributed by atoms with Crippen LogP contribution >= 0.6 is 0 Å². The topological polar surface area (TPSA) is 101 Å². The maximum Gasteiger partial charge on any atom is 0.343 e. The van der Waals surface area contributed by atoms with Gasteiger partial charge in [0, 0.05) is 6.42 Å². The Morgan fingerprint density at radius 1 is 0.806 bits per heavy atom. The molecule has 1 heterocycles. The summed E-state index contributed by atoms with van der Waals surface area (Å²) < 4.78 is 26.4. The van der Waals surface area contributed by atoms with Gasteiger partial charge < -0.3 is 23.4 Å². The van der Waals surface area contributed by atoms with Crippen LogP contribution in [0.4, 0.5) is 0 Å². The summed E-state index contributed by atoms with van der Waals surface area (Å²) in [6, 6.07) is 12.7. The van der Waals surface area contributed by atoms with E-state index >= 15 is 0 Å². The highest BCUT2D eigenvalue weighted by atomic mass is 16.6. The van der Waals surface area contributed by atoms with Gasteiger partial charge in [-0.3, -0.25) is 0 Å². The molecule has 0 N–H and O–H groups in total. The highest BCUT2D eigenvalue weighted by Gasteiger charge is 2.61. The van der Waals surface area contributed by atoms with Gasteiger partial charge in [0.25, 0.3) is 0 Å². The maximum atomic E-state index is 12.8. The lowest BCUT2D eigenvalue weighted by molar-refractivity contribution is -0.176. The smallest absolute Gasteiger partial charge is 0.343 e. The molecule has 0 saturated carbocycles. The van der Waals surface area contributed by atoms with Crippen molar-refractivity contribution in [2.24, 2.45) is 0 Å². The number of carbonyl (C=O) groups excluding carboxylic acids is 3. The molecule has 168 valence electrons. The molecule has 0 fully saturated rings. The van der Waals surface area contributed by atoms with Crippen LogP contribution in [-0.4, -0.2) is 44.3 Å². The van der Waals surface area contributed by atoms with Crippen molar-refractivity contribution in [3.8, 4) is 0 Å². The van der Waals surface area contributed by atoms with Crippen molar-refractivity contribution < 1.29 is 37.7 Å². The van der Waals surface area contributed by atoms with Crippen molar-refractivity contribution in [3.05, 3.63) is 59.5 Å². The van der Waals surface area contributed by atoms with Gasteiger partial charge in [-0.25, -0.2) is 14.4 Å². The van der Waals surface area contributed by atoms with Crippen LogP contribution in [0.25, 0.3) is 0 Å². The second kappa shape index (κ2) is 11.9. The molecule has 2 aromatic rings. The highest BCUT2D eigenvalue weighted by Crippen LogP contribution is 2.32. The number of hydrogen-bond acceptors (Lipinski definition) is 8. The van der Waals surface area contributed by atoms with Crippen LogP contribution in [0.5, 0.6) is 0 Å². The standard InChI is InChI=1S/C23H28O8/c1-4-28-20(24)23(21(25)29-5-2,22(26)30-6-3)19-13-12-18(31-19)14-15-27-16-17-10-8-7-9-11-17/h7-13H,4-6,14-16H2,1-3H3. The zero-order valence-corrected chi connectivity index (χ0v) is 18.1. The number of hydrogen-bond donors (Lipinski definition) is 0. The fourth-order valence-electron chi connectivity index (χ4n) is 2.92. The van der Waals surface area contributed by atoms with Gasteiger partial charge in [0.05, 0.1) is 33.0 Å². The summed E-state index contributed by atoms with van der Waals surface area (Å²) in [5, 5.41) is 0. The molecule has 1 aromatic carbocycles. The van der Waals surface area contributed by atoms with E-state index in [1.54, 1.807) is 26.8 Å². The van der Waals surface area contributed by atoms with Crippen LogP contribution in [0, 0.1) is 0 Å². The van der Waals surface area contributed by atoms with Crippen molar-refractivity contribution in [1.29, 1.82) is 0 Å². The van der Waals surface area contributed by atoms with Gasteiger partial charge in [-0.1, -0.05) is 30.3 Å². The molecule has 0 bridgehead atoms. The van der Waals surface area contributed by atoms with E-state index in [1.165, 1.54) is 6.07 Å². The van der Waals surface area contributed by atoms with Gasteiger partial charge in [0.2, 0.25) is 0 Å². The first-order valence-corrected chi connectivity index (χ1v) is 10.2. The van der Waals surface area contributed by atoms with Crippen molar-refractivity contribution in [2.75, 3.05) is 26.4 Å². The number of esters is 3. The Morgan fingerprint density at radius 3 is 1.87 bits per heavy atom. The predicted octanol–water partition coefficient (Wildman–Crippen LogP) is 2.97. The number of ether oxygens (including phenoxy) is 4. The van der Waals surface area contributed by atoms with Gasteiger partial charge in [-0.05, 0) is 38.5 Å². The number of rotatable bonds is 12. The molecule has 0 aliphatic heterocycles. The Morgan fingerprint density at radius 2 is 1.35 bits per heavy atom. The Labute approximate surface area is 181 Å². The first kappa shape index (κ1) is 24.1. The summed E-state index contributed by atoms with van der Waals surface area (Å²) in [6.07, 6.45) is 0.372. The first-order valence-electron chi connectivity index (χ1n) is 10.2. The van der Waals surface area contributed by atoms with E-state index in [2.05, 4.69) is 0 Å². The third-order valence-electron chi connectivity index (χ3n) is 4.38. The molecule has 0 aliphatic carbocycles. The van der Waals surface area contributed by atoms with Crippen LogP contribution in [0.2, 0.25) is 0 Å². The van der Waals surface area contributed by atoms with Gasteiger partial charge in [-0.2, -0.15) is 0 Å². The minimum Gasteiger partial charge on any atom is -0.464 e. The molecule has 0 aliphatic rings. The predicted molar refractivity (Wildman–Crippen MR) is 110 cm³/mol. The van der Waals surface area contributed by atoms with Crippen LogP contribution < -0.4 is 0 Å². The molecular weight excluding hydrogens is 404 g/mol. The Kier molecular flexibility index (Phi) is 9.27. The van der Waals surface area contributed by atoms with E-state index in [0.29, 0.717) is 25.4 Å². The molecule has 31 heavy (non-hydrogen) atoms. The van der Waals surface area contributed by atoms with Gasteiger partial charge in [0.15, 0.2) is 0 Å².